The van der Waals surface area contributed by atoms with Gasteiger partial charge in [0.1, 0.15) is 12.4 Å². The maximum absolute atomic E-state index is 13.0. The number of hydrogen-bond donors (Lipinski definition) is 1. The Morgan fingerprint density at radius 1 is 1.39 bits per heavy atom. The highest BCUT2D eigenvalue weighted by Gasteiger charge is 2.12. The molecule has 0 unspecified atom stereocenters. The highest BCUT2D eigenvalue weighted by atomic mass is 19.1. The van der Waals surface area contributed by atoms with Crippen LogP contribution in [0.2, 0.25) is 0 Å². The van der Waals surface area contributed by atoms with Crippen LogP contribution >= 0.6 is 0 Å². The Labute approximate surface area is 106 Å². The third-order valence-corrected chi connectivity index (χ3v) is 2.15. The molecule has 0 aliphatic rings. The largest absolute Gasteiger partial charge is 0.460 e. The van der Waals surface area contributed by atoms with E-state index in [1.807, 2.05) is 13.8 Å². The second kappa shape index (κ2) is 6.96. The molecule has 0 amide bonds. The average molecular weight is 255 g/mol. The summed E-state index contributed by atoms with van der Waals surface area (Å²) in [5.41, 5.74) is 5.80. The van der Waals surface area contributed by atoms with Crippen LogP contribution in [0.15, 0.2) is 18.2 Å². The van der Waals surface area contributed by atoms with Crippen LogP contribution in [0.4, 0.5) is 10.1 Å². The zero-order valence-electron chi connectivity index (χ0n) is 10.6. The zero-order chi connectivity index (χ0) is 13.5. The lowest BCUT2D eigenvalue weighted by Crippen LogP contribution is -2.14. The predicted octanol–water partition coefficient (Wildman–Crippen LogP) is 2.24. The summed E-state index contributed by atoms with van der Waals surface area (Å²) in [4.78, 5) is 11.6. The number of nitrogen functional groups attached to an aromatic ring is 1. The van der Waals surface area contributed by atoms with Gasteiger partial charge in [0.05, 0.1) is 12.2 Å². The van der Waals surface area contributed by atoms with Crippen LogP contribution in [-0.4, -0.2) is 25.8 Å². The van der Waals surface area contributed by atoms with Crippen LogP contribution in [0.5, 0.6) is 0 Å². The second-order valence-corrected chi connectivity index (χ2v) is 4.34. The Hall–Kier alpha value is -1.62. The van der Waals surface area contributed by atoms with E-state index >= 15 is 0 Å². The first-order valence-corrected chi connectivity index (χ1v) is 5.80. The van der Waals surface area contributed by atoms with Gasteiger partial charge in [-0.15, -0.1) is 0 Å². The molecule has 0 saturated carbocycles. The molecule has 1 aromatic carbocycles. The summed E-state index contributed by atoms with van der Waals surface area (Å²) in [5.74, 6) is -0.730. The van der Waals surface area contributed by atoms with Gasteiger partial charge in [0.15, 0.2) is 0 Å². The van der Waals surface area contributed by atoms with Crippen molar-refractivity contribution in [1.82, 2.24) is 0 Å². The van der Waals surface area contributed by atoms with E-state index in [-0.39, 0.29) is 17.9 Å². The molecule has 0 heterocycles. The molecule has 1 aromatic rings. The van der Waals surface area contributed by atoms with E-state index in [0.29, 0.717) is 19.1 Å². The van der Waals surface area contributed by atoms with E-state index in [1.54, 1.807) is 0 Å². The van der Waals surface area contributed by atoms with E-state index in [1.165, 1.54) is 12.1 Å². The van der Waals surface area contributed by atoms with Crippen molar-refractivity contribution in [2.75, 3.05) is 25.6 Å². The normalized spacial score (nSPS) is 10.7. The summed E-state index contributed by atoms with van der Waals surface area (Å²) < 4.78 is 23.1. The van der Waals surface area contributed by atoms with Gasteiger partial charge in [-0.05, 0) is 24.1 Å². The first-order valence-electron chi connectivity index (χ1n) is 5.80. The van der Waals surface area contributed by atoms with Crippen molar-refractivity contribution in [2.24, 2.45) is 5.92 Å². The van der Waals surface area contributed by atoms with Crippen molar-refractivity contribution in [3.63, 3.8) is 0 Å². The molecule has 0 fully saturated rings. The Bertz CT molecular complexity index is 407. The molecule has 4 nitrogen and oxygen atoms in total. The molecule has 0 saturated heterocycles. The number of ether oxygens (including phenoxy) is 2. The summed E-state index contributed by atoms with van der Waals surface area (Å²) in [6.07, 6.45) is 0. The molecule has 0 spiro atoms. The van der Waals surface area contributed by atoms with Gasteiger partial charge in [-0.25, -0.2) is 9.18 Å². The van der Waals surface area contributed by atoms with Gasteiger partial charge in [0.2, 0.25) is 0 Å². The summed E-state index contributed by atoms with van der Waals surface area (Å²) in [6.45, 7) is 5.11. The minimum absolute atomic E-state index is 0.0406. The molecule has 0 bridgehead atoms. The topological polar surface area (TPSA) is 61.5 Å². The summed E-state index contributed by atoms with van der Waals surface area (Å²) in [5, 5.41) is 0. The Morgan fingerprint density at radius 3 is 2.78 bits per heavy atom. The number of esters is 1. The van der Waals surface area contributed by atoms with Gasteiger partial charge < -0.3 is 15.2 Å². The molecule has 0 aliphatic heterocycles. The maximum Gasteiger partial charge on any atom is 0.340 e. The number of nitrogens with two attached hydrogens (primary N) is 1. The Kier molecular flexibility index (Phi) is 5.58. The maximum atomic E-state index is 13.0. The molecule has 0 radical (unpaired) electrons. The third-order valence-electron chi connectivity index (χ3n) is 2.15. The minimum Gasteiger partial charge on any atom is -0.460 e. The van der Waals surface area contributed by atoms with E-state index in [0.717, 1.165) is 6.07 Å². The monoisotopic (exact) mass is 255 g/mol. The average Bonchev–Trinajstić information content (AvgIpc) is 2.31. The van der Waals surface area contributed by atoms with Gasteiger partial charge >= 0.3 is 5.97 Å². The lowest BCUT2D eigenvalue weighted by molar-refractivity contribution is 0.0278. The number of carbonyl (C=O) groups is 1. The SMILES string of the molecule is CC(C)COCCOC(=O)c1cc(F)ccc1N. The molecule has 0 aromatic heterocycles. The fraction of sp³-hybridized carbons (Fsp3) is 0.462. The van der Waals surface area contributed by atoms with Gasteiger partial charge in [0, 0.05) is 12.3 Å². The fourth-order valence-corrected chi connectivity index (χ4v) is 1.30. The van der Waals surface area contributed by atoms with Crippen LogP contribution in [0.1, 0.15) is 24.2 Å². The standard InChI is InChI=1S/C13H18FNO3/c1-9(2)8-17-5-6-18-13(16)11-7-10(14)3-4-12(11)15/h3-4,7,9H,5-6,8,15H2,1-2H3. The Balaban J connectivity index is 2.39. The van der Waals surface area contributed by atoms with E-state index in [2.05, 4.69) is 0 Å². The highest BCUT2D eigenvalue weighted by molar-refractivity contribution is 5.95. The summed E-state index contributed by atoms with van der Waals surface area (Å²) in [6, 6.07) is 3.59. The third kappa shape index (κ3) is 4.71. The van der Waals surface area contributed by atoms with E-state index in [9.17, 15) is 9.18 Å². The van der Waals surface area contributed by atoms with E-state index in [4.69, 9.17) is 15.2 Å². The number of benzene rings is 1. The van der Waals surface area contributed by atoms with Crippen LogP contribution in [0.3, 0.4) is 0 Å². The number of carbonyl (C=O) groups excluding carboxylic acids is 1. The molecule has 100 valence electrons. The van der Waals surface area contributed by atoms with Crippen molar-refractivity contribution in [3.05, 3.63) is 29.6 Å². The van der Waals surface area contributed by atoms with Gasteiger partial charge in [0.25, 0.3) is 0 Å². The number of halogens is 1. The van der Waals surface area contributed by atoms with Gasteiger partial charge in [-0.1, -0.05) is 13.8 Å². The summed E-state index contributed by atoms with van der Waals surface area (Å²) in [7, 11) is 0. The van der Waals surface area contributed by atoms with Crippen molar-refractivity contribution in [1.29, 1.82) is 0 Å². The van der Waals surface area contributed by atoms with Gasteiger partial charge in [-0.2, -0.15) is 0 Å². The van der Waals surface area contributed by atoms with Crippen molar-refractivity contribution in [3.8, 4) is 0 Å². The number of anilines is 1. The molecular formula is C13H18FNO3. The first kappa shape index (κ1) is 14.4. The minimum atomic E-state index is -0.639. The van der Waals surface area contributed by atoms with Gasteiger partial charge in [-0.3, -0.25) is 0 Å². The first-order chi connectivity index (χ1) is 8.50. The quantitative estimate of drug-likeness (QED) is 0.481. The van der Waals surface area contributed by atoms with Crippen molar-refractivity contribution in [2.45, 2.75) is 13.8 Å². The lowest BCUT2D eigenvalue weighted by Gasteiger charge is -2.09. The van der Waals surface area contributed by atoms with Crippen LogP contribution in [-0.2, 0) is 9.47 Å². The lowest BCUT2D eigenvalue weighted by atomic mass is 10.2. The fourth-order valence-electron chi connectivity index (χ4n) is 1.30. The zero-order valence-corrected chi connectivity index (χ0v) is 10.6. The van der Waals surface area contributed by atoms with Crippen LogP contribution in [0, 0.1) is 11.7 Å². The van der Waals surface area contributed by atoms with E-state index < -0.39 is 11.8 Å². The van der Waals surface area contributed by atoms with Crippen LogP contribution in [0.25, 0.3) is 0 Å². The highest BCUT2D eigenvalue weighted by Crippen LogP contribution is 2.14. The molecule has 5 heteroatoms. The Morgan fingerprint density at radius 2 is 2.11 bits per heavy atom. The molecule has 1 rings (SSSR count). The number of rotatable bonds is 6. The second-order valence-electron chi connectivity index (χ2n) is 4.34. The molecule has 0 aliphatic carbocycles. The smallest absolute Gasteiger partial charge is 0.340 e. The summed E-state index contributed by atoms with van der Waals surface area (Å²) >= 11 is 0. The molecule has 18 heavy (non-hydrogen) atoms. The molecular weight excluding hydrogens is 237 g/mol. The number of hydrogen-bond acceptors (Lipinski definition) is 4. The molecule has 0 atom stereocenters. The van der Waals surface area contributed by atoms with Crippen molar-refractivity contribution < 1.29 is 18.7 Å². The van der Waals surface area contributed by atoms with Crippen molar-refractivity contribution >= 4 is 11.7 Å². The predicted molar refractivity (Wildman–Crippen MR) is 66.8 cm³/mol. The molecule has 2 N–H and O–H groups in total. The van der Waals surface area contributed by atoms with Crippen LogP contribution < -0.4 is 5.73 Å².